The van der Waals surface area contributed by atoms with Crippen molar-refractivity contribution in [3.8, 4) is 0 Å². The zero-order valence-electron chi connectivity index (χ0n) is 7.59. The lowest BCUT2D eigenvalue weighted by Gasteiger charge is -1.92. The molecule has 0 unspecified atom stereocenters. The maximum atomic E-state index is 10.3. The molecule has 5 nitrogen and oxygen atoms in total. The first kappa shape index (κ1) is 10.3. The van der Waals surface area contributed by atoms with Crippen molar-refractivity contribution < 1.29 is 4.92 Å². The van der Waals surface area contributed by atoms with Crippen LogP contribution >= 0.6 is 0 Å². The Kier molecular flexibility index (Phi) is 3.75. The molecule has 0 radical (unpaired) electrons. The minimum Gasteiger partial charge on any atom is -0.330 e. The summed E-state index contributed by atoms with van der Waals surface area (Å²) in [7, 11) is 0. The molecule has 0 saturated heterocycles. The van der Waals surface area contributed by atoms with Crippen LogP contribution in [0.2, 0.25) is 0 Å². The molecule has 0 bridgehead atoms. The van der Waals surface area contributed by atoms with Gasteiger partial charge in [0.15, 0.2) is 0 Å². The van der Waals surface area contributed by atoms with Crippen LogP contribution in [0.4, 0.5) is 5.69 Å². The Morgan fingerprint density at radius 2 is 2.36 bits per heavy atom. The number of nitro groups is 1. The number of aromatic nitrogens is 1. The van der Waals surface area contributed by atoms with Gasteiger partial charge in [-0.2, -0.15) is 0 Å². The van der Waals surface area contributed by atoms with E-state index in [4.69, 9.17) is 5.73 Å². The lowest BCUT2D eigenvalue weighted by molar-refractivity contribution is -0.385. The Hall–Kier alpha value is -1.75. The van der Waals surface area contributed by atoms with Gasteiger partial charge in [0.2, 0.25) is 0 Å². The zero-order valence-corrected chi connectivity index (χ0v) is 7.59. The van der Waals surface area contributed by atoms with Gasteiger partial charge in [0, 0.05) is 6.07 Å². The molecular weight excluding hydrogens is 182 g/mol. The van der Waals surface area contributed by atoms with E-state index in [1.807, 2.05) is 6.08 Å². The van der Waals surface area contributed by atoms with Gasteiger partial charge in [-0.15, -0.1) is 0 Å². The van der Waals surface area contributed by atoms with Crippen molar-refractivity contribution in [3.05, 3.63) is 40.2 Å². The topological polar surface area (TPSA) is 82.0 Å². The average Bonchev–Trinajstić information content (AvgIpc) is 2.19. The van der Waals surface area contributed by atoms with Crippen molar-refractivity contribution >= 4 is 11.8 Å². The van der Waals surface area contributed by atoms with E-state index in [9.17, 15) is 10.1 Å². The number of hydrogen-bond acceptors (Lipinski definition) is 4. The summed E-state index contributed by atoms with van der Waals surface area (Å²) in [4.78, 5) is 13.7. The summed E-state index contributed by atoms with van der Waals surface area (Å²) in [6.07, 6.45) is 5.69. The first-order chi connectivity index (χ1) is 6.74. The van der Waals surface area contributed by atoms with Crippen LogP contribution in [0, 0.1) is 10.1 Å². The third-order valence-electron chi connectivity index (χ3n) is 1.60. The molecule has 0 atom stereocenters. The van der Waals surface area contributed by atoms with Crippen LogP contribution in [0.3, 0.4) is 0 Å². The Morgan fingerprint density at radius 3 is 2.86 bits per heavy atom. The second-order valence-electron chi connectivity index (χ2n) is 2.68. The Balaban J connectivity index is 2.68. The summed E-state index contributed by atoms with van der Waals surface area (Å²) in [5, 5.41) is 10.3. The summed E-state index contributed by atoms with van der Waals surface area (Å²) in [6, 6.07) is 3.03. The summed E-state index contributed by atoms with van der Waals surface area (Å²) in [5.74, 6) is 0. The van der Waals surface area contributed by atoms with E-state index in [1.54, 1.807) is 12.1 Å². The molecule has 1 rings (SSSR count). The number of pyridine rings is 1. The highest BCUT2D eigenvalue weighted by Crippen LogP contribution is 2.09. The molecule has 2 N–H and O–H groups in total. The SMILES string of the molecule is NCCC=Cc1ccc([N+](=O)[O-])cn1. The van der Waals surface area contributed by atoms with Crippen molar-refractivity contribution in [1.29, 1.82) is 0 Å². The first-order valence-electron chi connectivity index (χ1n) is 4.21. The van der Waals surface area contributed by atoms with Crippen LogP contribution in [0.5, 0.6) is 0 Å². The summed E-state index contributed by atoms with van der Waals surface area (Å²) < 4.78 is 0. The van der Waals surface area contributed by atoms with Crippen molar-refractivity contribution in [1.82, 2.24) is 4.98 Å². The van der Waals surface area contributed by atoms with Gasteiger partial charge in [0.05, 0.1) is 10.6 Å². The van der Waals surface area contributed by atoms with E-state index >= 15 is 0 Å². The molecule has 0 saturated carbocycles. The largest absolute Gasteiger partial charge is 0.330 e. The van der Waals surface area contributed by atoms with E-state index in [2.05, 4.69) is 4.98 Å². The molecule has 1 heterocycles. The molecule has 0 spiro atoms. The first-order valence-corrected chi connectivity index (χ1v) is 4.21. The highest BCUT2D eigenvalue weighted by Gasteiger charge is 2.02. The number of nitrogens with zero attached hydrogens (tertiary/aromatic N) is 2. The molecule has 1 aromatic heterocycles. The van der Waals surface area contributed by atoms with Crippen LogP contribution in [0.25, 0.3) is 6.08 Å². The van der Waals surface area contributed by atoms with Crippen LogP contribution in [0.15, 0.2) is 24.4 Å². The fourth-order valence-corrected chi connectivity index (χ4v) is 0.904. The van der Waals surface area contributed by atoms with Gasteiger partial charge in [0.1, 0.15) is 6.20 Å². The van der Waals surface area contributed by atoms with Gasteiger partial charge in [-0.3, -0.25) is 10.1 Å². The average molecular weight is 193 g/mol. The fraction of sp³-hybridized carbons (Fsp3) is 0.222. The number of hydrogen-bond donors (Lipinski definition) is 1. The molecule has 0 aliphatic heterocycles. The predicted molar refractivity (Wildman–Crippen MR) is 53.6 cm³/mol. The van der Waals surface area contributed by atoms with E-state index < -0.39 is 4.92 Å². The van der Waals surface area contributed by atoms with Gasteiger partial charge in [-0.25, -0.2) is 4.98 Å². The monoisotopic (exact) mass is 193 g/mol. The standard InChI is InChI=1S/C9H11N3O2/c10-6-2-1-3-8-4-5-9(7-11-8)12(13)14/h1,3-5,7H,2,6,10H2. The highest BCUT2D eigenvalue weighted by molar-refractivity contribution is 5.46. The van der Waals surface area contributed by atoms with Gasteiger partial charge in [0.25, 0.3) is 5.69 Å². The van der Waals surface area contributed by atoms with Gasteiger partial charge in [-0.1, -0.05) is 6.08 Å². The molecule has 0 amide bonds. The normalized spacial score (nSPS) is 10.6. The van der Waals surface area contributed by atoms with E-state index in [1.165, 1.54) is 12.3 Å². The number of rotatable bonds is 4. The second kappa shape index (κ2) is 5.08. The van der Waals surface area contributed by atoms with Crippen molar-refractivity contribution in [2.24, 2.45) is 5.73 Å². The van der Waals surface area contributed by atoms with E-state index in [-0.39, 0.29) is 5.69 Å². The molecule has 0 aliphatic rings. The minimum atomic E-state index is -0.472. The summed E-state index contributed by atoms with van der Waals surface area (Å²) in [5.41, 5.74) is 5.99. The maximum Gasteiger partial charge on any atom is 0.287 e. The van der Waals surface area contributed by atoms with Gasteiger partial charge in [-0.05, 0) is 25.1 Å². The lowest BCUT2D eigenvalue weighted by Crippen LogP contribution is -1.95. The second-order valence-corrected chi connectivity index (χ2v) is 2.68. The maximum absolute atomic E-state index is 10.3. The molecule has 5 heteroatoms. The third-order valence-corrected chi connectivity index (χ3v) is 1.60. The van der Waals surface area contributed by atoms with Crippen LogP contribution in [-0.2, 0) is 0 Å². The zero-order chi connectivity index (χ0) is 10.4. The molecule has 0 aromatic carbocycles. The quantitative estimate of drug-likeness (QED) is 0.578. The third kappa shape index (κ3) is 2.95. The Labute approximate surface area is 81.4 Å². The minimum absolute atomic E-state index is 0.000903. The molecule has 14 heavy (non-hydrogen) atoms. The predicted octanol–water partition coefficient (Wildman–Crippen LogP) is 1.35. The molecule has 74 valence electrons. The van der Waals surface area contributed by atoms with Gasteiger partial charge >= 0.3 is 0 Å². The Morgan fingerprint density at radius 1 is 1.57 bits per heavy atom. The van der Waals surface area contributed by atoms with Crippen LogP contribution in [-0.4, -0.2) is 16.5 Å². The molecular formula is C9H11N3O2. The highest BCUT2D eigenvalue weighted by atomic mass is 16.6. The fourth-order valence-electron chi connectivity index (χ4n) is 0.904. The lowest BCUT2D eigenvalue weighted by atomic mass is 10.3. The van der Waals surface area contributed by atoms with Crippen LogP contribution in [0.1, 0.15) is 12.1 Å². The smallest absolute Gasteiger partial charge is 0.287 e. The summed E-state index contributed by atoms with van der Waals surface area (Å²) in [6.45, 7) is 0.587. The van der Waals surface area contributed by atoms with Crippen molar-refractivity contribution in [2.45, 2.75) is 6.42 Å². The molecule has 0 aliphatic carbocycles. The van der Waals surface area contributed by atoms with Crippen molar-refractivity contribution in [2.75, 3.05) is 6.54 Å². The number of nitrogens with two attached hydrogens (primary N) is 1. The van der Waals surface area contributed by atoms with Gasteiger partial charge < -0.3 is 5.73 Å². The summed E-state index contributed by atoms with van der Waals surface area (Å²) >= 11 is 0. The van der Waals surface area contributed by atoms with E-state index in [0.29, 0.717) is 12.2 Å². The van der Waals surface area contributed by atoms with Crippen LogP contribution < -0.4 is 5.73 Å². The Bertz CT molecular complexity index is 332. The van der Waals surface area contributed by atoms with Crippen molar-refractivity contribution in [3.63, 3.8) is 0 Å². The molecule has 1 aromatic rings. The van der Waals surface area contributed by atoms with E-state index in [0.717, 1.165) is 6.42 Å². The molecule has 0 fully saturated rings.